The Balaban J connectivity index is 1.31. The first-order valence-corrected chi connectivity index (χ1v) is 10.6. The van der Waals surface area contributed by atoms with E-state index < -0.39 is 5.60 Å². The summed E-state index contributed by atoms with van der Waals surface area (Å²) in [7, 11) is 0. The van der Waals surface area contributed by atoms with Crippen molar-refractivity contribution >= 4 is 6.09 Å². The van der Waals surface area contributed by atoms with Crippen molar-refractivity contribution in [1.82, 2.24) is 4.90 Å². The standard InChI is InChI=1S/C23H35NO4/c1-23(2,3)28-22(26)24-11-9-18(10-12-24)21-14-19(21)13-20(25)16-27-15-17-7-5-4-6-8-17/h4-8,18-21,25H,9-16H2,1-3H3/t19?,20-,21?/m1/s1. The number of likely N-dealkylation sites (tertiary alicyclic amines) is 1. The van der Waals surface area contributed by atoms with Crippen molar-refractivity contribution in [2.24, 2.45) is 17.8 Å². The summed E-state index contributed by atoms with van der Waals surface area (Å²) < 4.78 is 11.1. The Morgan fingerprint density at radius 2 is 1.89 bits per heavy atom. The minimum Gasteiger partial charge on any atom is -0.444 e. The van der Waals surface area contributed by atoms with Crippen LogP contribution in [0.2, 0.25) is 0 Å². The first kappa shape index (κ1) is 21.1. The first-order chi connectivity index (χ1) is 13.3. The average molecular weight is 390 g/mol. The van der Waals surface area contributed by atoms with Gasteiger partial charge in [-0.3, -0.25) is 0 Å². The Kier molecular flexibility index (Phi) is 7.00. The van der Waals surface area contributed by atoms with E-state index in [1.807, 2.05) is 56.0 Å². The number of aliphatic hydroxyl groups excluding tert-OH is 1. The molecule has 3 atom stereocenters. The van der Waals surface area contributed by atoms with Gasteiger partial charge in [0, 0.05) is 13.1 Å². The molecule has 1 aromatic carbocycles. The van der Waals surface area contributed by atoms with Crippen LogP contribution in [0, 0.1) is 17.8 Å². The highest BCUT2D eigenvalue weighted by molar-refractivity contribution is 5.68. The van der Waals surface area contributed by atoms with Crippen LogP contribution < -0.4 is 0 Å². The molecule has 2 unspecified atom stereocenters. The molecule has 5 nitrogen and oxygen atoms in total. The third-order valence-corrected chi connectivity index (χ3v) is 5.77. The van der Waals surface area contributed by atoms with Gasteiger partial charge in [-0.05, 0) is 69.8 Å². The maximum Gasteiger partial charge on any atom is 0.410 e. The van der Waals surface area contributed by atoms with Crippen LogP contribution in [0.3, 0.4) is 0 Å². The van der Waals surface area contributed by atoms with Crippen LogP contribution >= 0.6 is 0 Å². The average Bonchev–Trinajstić information content (AvgIpc) is 3.40. The summed E-state index contributed by atoms with van der Waals surface area (Å²) in [5, 5.41) is 10.3. The lowest BCUT2D eigenvalue weighted by Gasteiger charge is -2.33. The Bertz CT molecular complexity index is 619. The molecule has 1 aliphatic carbocycles. The largest absolute Gasteiger partial charge is 0.444 e. The van der Waals surface area contributed by atoms with Crippen molar-refractivity contribution in [3.8, 4) is 0 Å². The molecule has 1 aromatic rings. The number of amides is 1. The number of hydrogen-bond donors (Lipinski definition) is 1. The van der Waals surface area contributed by atoms with Crippen LogP contribution in [0.5, 0.6) is 0 Å². The van der Waals surface area contributed by atoms with Crippen LogP contribution in [0.15, 0.2) is 30.3 Å². The van der Waals surface area contributed by atoms with Crippen LogP contribution in [-0.4, -0.2) is 47.5 Å². The molecular weight excluding hydrogens is 354 g/mol. The number of piperidine rings is 1. The lowest BCUT2D eigenvalue weighted by atomic mass is 9.90. The number of aliphatic hydroxyl groups is 1. The molecular formula is C23H35NO4. The Morgan fingerprint density at radius 1 is 1.21 bits per heavy atom. The molecule has 2 fully saturated rings. The van der Waals surface area contributed by atoms with Gasteiger partial charge in [-0.2, -0.15) is 0 Å². The fourth-order valence-electron chi connectivity index (χ4n) is 4.26. The zero-order valence-corrected chi connectivity index (χ0v) is 17.5. The Hall–Kier alpha value is -1.59. The van der Waals surface area contributed by atoms with Gasteiger partial charge in [0.15, 0.2) is 0 Å². The molecule has 1 amide bonds. The van der Waals surface area contributed by atoms with Crippen molar-refractivity contribution in [3.05, 3.63) is 35.9 Å². The monoisotopic (exact) mass is 389 g/mol. The quantitative estimate of drug-likeness (QED) is 0.758. The SMILES string of the molecule is CC(C)(C)OC(=O)N1CCC(C2CC2C[C@@H](O)COCc2ccccc2)CC1. The molecule has 1 saturated carbocycles. The van der Waals surface area contributed by atoms with Gasteiger partial charge in [0.05, 0.1) is 19.3 Å². The van der Waals surface area contributed by atoms with E-state index in [4.69, 9.17) is 9.47 Å². The number of benzene rings is 1. The maximum atomic E-state index is 12.2. The predicted molar refractivity (Wildman–Crippen MR) is 109 cm³/mol. The van der Waals surface area contributed by atoms with Crippen molar-refractivity contribution < 1.29 is 19.4 Å². The molecule has 2 aliphatic rings. The topological polar surface area (TPSA) is 59.0 Å². The molecule has 1 aliphatic heterocycles. The van der Waals surface area contributed by atoms with E-state index in [1.54, 1.807) is 0 Å². The zero-order chi connectivity index (χ0) is 20.1. The third-order valence-electron chi connectivity index (χ3n) is 5.77. The predicted octanol–water partition coefficient (Wildman–Crippen LogP) is 4.24. The summed E-state index contributed by atoms with van der Waals surface area (Å²) in [5.41, 5.74) is 0.699. The Morgan fingerprint density at radius 3 is 2.54 bits per heavy atom. The fraction of sp³-hybridized carbons (Fsp3) is 0.696. The van der Waals surface area contributed by atoms with E-state index in [-0.39, 0.29) is 12.2 Å². The van der Waals surface area contributed by atoms with E-state index in [0.29, 0.717) is 31.0 Å². The van der Waals surface area contributed by atoms with Gasteiger partial charge in [0.2, 0.25) is 0 Å². The number of carbonyl (C=O) groups excluding carboxylic acids is 1. The molecule has 156 valence electrons. The molecule has 1 heterocycles. The molecule has 3 rings (SSSR count). The zero-order valence-electron chi connectivity index (χ0n) is 17.5. The minimum atomic E-state index is -0.436. The highest BCUT2D eigenvalue weighted by Gasteiger charge is 2.44. The summed E-state index contributed by atoms with van der Waals surface area (Å²) in [4.78, 5) is 14.0. The van der Waals surface area contributed by atoms with Crippen LogP contribution in [0.4, 0.5) is 4.79 Å². The summed E-state index contributed by atoms with van der Waals surface area (Å²) >= 11 is 0. The van der Waals surface area contributed by atoms with E-state index in [9.17, 15) is 9.90 Å². The molecule has 28 heavy (non-hydrogen) atoms. The van der Waals surface area contributed by atoms with Gasteiger partial charge >= 0.3 is 6.09 Å². The van der Waals surface area contributed by atoms with Crippen LogP contribution in [0.1, 0.15) is 52.0 Å². The highest BCUT2D eigenvalue weighted by atomic mass is 16.6. The minimum absolute atomic E-state index is 0.190. The fourth-order valence-corrected chi connectivity index (χ4v) is 4.26. The number of hydrogen-bond acceptors (Lipinski definition) is 4. The molecule has 1 N–H and O–H groups in total. The van der Waals surface area contributed by atoms with E-state index in [0.717, 1.165) is 37.9 Å². The van der Waals surface area contributed by atoms with Crippen molar-refractivity contribution in [3.63, 3.8) is 0 Å². The van der Waals surface area contributed by atoms with Crippen molar-refractivity contribution in [1.29, 1.82) is 0 Å². The van der Waals surface area contributed by atoms with Gasteiger partial charge in [0.25, 0.3) is 0 Å². The molecule has 0 bridgehead atoms. The normalized spacial score (nSPS) is 24.1. The van der Waals surface area contributed by atoms with Crippen molar-refractivity contribution in [2.45, 2.75) is 64.8 Å². The second-order valence-corrected chi connectivity index (χ2v) is 9.35. The molecule has 0 aromatic heterocycles. The number of nitrogens with zero attached hydrogens (tertiary/aromatic N) is 1. The van der Waals surface area contributed by atoms with Gasteiger partial charge in [-0.1, -0.05) is 30.3 Å². The number of carbonyl (C=O) groups is 1. The molecule has 0 spiro atoms. The van der Waals surface area contributed by atoms with Crippen LogP contribution in [0.25, 0.3) is 0 Å². The lowest BCUT2D eigenvalue weighted by Crippen LogP contribution is -2.42. The second kappa shape index (κ2) is 9.27. The third kappa shape index (κ3) is 6.49. The smallest absolute Gasteiger partial charge is 0.410 e. The highest BCUT2D eigenvalue weighted by Crippen LogP contribution is 2.50. The molecule has 1 saturated heterocycles. The van der Waals surface area contributed by atoms with Gasteiger partial charge in [-0.25, -0.2) is 4.79 Å². The number of ether oxygens (including phenoxy) is 2. The van der Waals surface area contributed by atoms with E-state index in [2.05, 4.69) is 0 Å². The van der Waals surface area contributed by atoms with Gasteiger partial charge in [-0.15, -0.1) is 0 Å². The maximum absolute atomic E-state index is 12.2. The molecule has 0 radical (unpaired) electrons. The van der Waals surface area contributed by atoms with Gasteiger partial charge in [0.1, 0.15) is 5.60 Å². The van der Waals surface area contributed by atoms with E-state index >= 15 is 0 Å². The number of rotatable bonds is 7. The first-order valence-electron chi connectivity index (χ1n) is 10.6. The van der Waals surface area contributed by atoms with Crippen LogP contribution in [-0.2, 0) is 16.1 Å². The summed E-state index contributed by atoms with van der Waals surface area (Å²) in [6.45, 7) is 8.23. The molecule has 5 heteroatoms. The summed E-state index contributed by atoms with van der Waals surface area (Å²) in [6, 6.07) is 10.1. The summed E-state index contributed by atoms with van der Waals surface area (Å²) in [6.07, 6.45) is 3.53. The second-order valence-electron chi connectivity index (χ2n) is 9.35. The van der Waals surface area contributed by atoms with Crippen molar-refractivity contribution in [2.75, 3.05) is 19.7 Å². The Labute approximate surface area is 169 Å². The summed E-state index contributed by atoms with van der Waals surface area (Å²) in [5.74, 6) is 1.97. The lowest BCUT2D eigenvalue weighted by molar-refractivity contribution is 0.0155. The van der Waals surface area contributed by atoms with Gasteiger partial charge < -0.3 is 19.5 Å². The van der Waals surface area contributed by atoms with E-state index in [1.165, 1.54) is 6.42 Å².